The minimum absolute atomic E-state index is 0.156. The van der Waals surface area contributed by atoms with Crippen LogP contribution in [0, 0.1) is 5.92 Å². The van der Waals surface area contributed by atoms with Crippen molar-refractivity contribution in [1.82, 2.24) is 5.32 Å². The van der Waals surface area contributed by atoms with Gasteiger partial charge in [0.15, 0.2) is 0 Å². The van der Waals surface area contributed by atoms with E-state index in [4.69, 9.17) is 10.2 Å². The van der Waals surface area contributed by atoms with E-state index in [1.54, 1.807) is 0 Å². The number of carbonyl (C=O) groups excluding carboxylic acids is 2. The summed E-state index contributed by atoms with van der Waals surface area (Å²) in [5.41, 5.74) is 0. The van der Waals surface area contributed by atoms with Gasteiger partial charge in [0.25, 0.3) is 0 Å². The summed E-state index contributed by atoms with van der Waals surface area (Å²) in [5.74, 6) is -2.33. The molecule has 0 saturated heterocycles. The van der Waals surface area contributed by atoms with E-state index in [9.17, 15) is 19.8 Å². The summed E-state index contributed by atoms with van der Waals surface area (Å²) in [6, 6.07) is 0. The molecule has 7 nitrogen and oxygen atoms in total. The zero-order valence-electron chi connectivity index (χ0n) is 8.20. The molecule has 0 bridgehead atoms. The Hall–Kier alpha value is -1.02. The zero-order valence-corrected chi connectivity index (χ0v) is 8.20. The zero-order chi connectivity index (χ0) is 12.0. The highest BCUT2D eigenvalue weighted by molar-refractivity contribution is 5.83. The summed E-state index contributed by atoms with van der Waals surface area (Å²) in [6.07, 6.45) is -4.88. The SMILES string of the molecule is CNC(=O)C(O)C(C=O)C(O)C(O)CO. The highest BCUT2D eigenvalue weighted by Gasteiger charge is 2.34. The van der Waals surface area contributed by atoms with Crippen molar-refractivity contribution in [2.75, 3.05) is 13.7 Å². The molecule has 4 unspecified atom stereocenters. The van der Waals surface area contributed by atoms with E-state index in [1.807, 2.05) is 0 Å². The summed E-state index contributed by atoms with van der Waals surface area (Å²) >= 11 is 0. The van der Waals surface area contributed by atoms with E-state index in [0.717, 1.165) is 0 Å². The summed E-state index contributed by atoms with van der Waals surface area (Å²) in [7, 11) is 1.25. The topological polar surface area (TPSA) is 127 Å². The van der Waals surface area contributed by atoms with Gasteiger partial charge in [-0.2, -0.15) is 0 Å². The minimum atomic E-state index is -1.76. The highest BCUT2D eigenvalue weighted by atomic mass is 16.4. The van der Waals surface area contributed by atoms with Crippen LogP contribution in [0.5, 0.6) is 0 Å². The predicted molar refractivity (Wildman–Crippen MR) is 48.7 cm³/mol. The van der Waals surface area contributed by atoms with Gasteiger partial charge in [-0.15, -0.1) is 0 Å². The molecule has 0 aliphatic rings. The van der Waals surface area contributed by atoms with Crippen LogP contribution in [0.2, 0.25) is 0 Å². The Bertz CT molecular complexity index is 221. The summed E-state index contributed by atoms with van der Waals surface area (Å²) in [5, 5.41) is 38.2. The van der Waals surface area contributed by atoms with Crippen molar-refractivity contribution in [2.45, 2.75) is 18.3 Å². The van der Waals surface area contributed by atoms with Gasteiger partial charge < -0.3 is 30.5 Å². The molecule has 0 fully saturated rings. The largest absolute Gasteiger partial charge is 0.394 e. The Morgan fingerprint density at radius 1 is 1.40 bits per heavy atom. The Labute approximate surface area is 86.3 Å². The molecule has 4 atom stereocenters. The summed E-state index contributed by atoms with van der Waals surface area (Å²) in [6.45, 7) is -0.772. The highest BCUT2D eigenvalue weighted by Crippen LogP contribution is 2.11. The van der Waals surface area contributed by atoms with Gasteiger partial charge in [0.05, 0.1) is 18.6 Å². The van der Waals surface area contributed by atoms with Crippen molar-refractivity contribution in [3.63, 3.8) is 0 Å². The van der Waals surface area contributed by atoms with Gasteiger partial charge in [0.1, 0.15) is 18.5 Å². The summed E-state index contributed by atoms with van der Waals surface area (Å²) < 4.78 is 0. The maximum Gasteiger partial charge on any atom is 0.249 e. The first-order valence-electron chi connectivity index (χ1n) is 4.31. The molecule has 7 heteroatoms. The molecule has 0 rings (SSSR count). The Morgan fingerprint density at radius 3 is 2.27 bits per heavy atom. The van der Waals surface area contributed by atoms with E-state index in [-0.39, 0.29) is 6.29 Å². The number of nitrogens with one attached hydrogen (secondary N) is 1. The first kappa shape index (κ1) is 14.0. The quantitative estimate of drug-likeness (QED) is 0.298. The van der Waals surface area contributed by atoms with E-state index >= 15 is 0 Å². The lowest BCUT2D eigenvalue weighted by molar-refractivity contribution is -0.143. The van der Waals surface area contributed by atoms with Gasteiger partial charge in [-0.05, 0) is 0 Å². The second-order valence-corrected chi connectivity index (χ2v) is 3.01. The van der Waals surface area contributed by atoms with Crippen LogP contribution < -0.4 is 5.32 Å². The smallest absolute Gasteiger partial charge is 0.249 e. The third-order valence-electron chi connectivity index (χ3n) is 2.01. The van der Waals surface area contributed by atoms with Crippen LogP contribution in [0.15, 0.2) is 0 Å². The number of amides is 1. The molecule has 1 amide bonds. The molecular formula is C8H15NO6. The van der Waals surface area contributed by atoms with Gasteiger partial charge in [0, 0.05) is 7.05 Å². The number of hydrogen-bond acceptors (Lipinski definition) is 6. The lowest BCUT2D eigenvalue weighted by Gasteiger charge is -2.24. The van der Waals surface area contributed by atoms with Crippen LogP contribution in [0.1, 0.15) is 0 Å². The molecule has 0 aliphatic carbocycles. The molecule has 5 N–H and O–H groups in total. The molecule has 0 aliphatic heterocycles. The Morgan fingerprint density at radius 2 is 1.93 bits per heavy atom. The molecule has 15 heavy (non-hydrogen) atoms. The lowest BCUT2D eigenvalue weighted by Crippen LogP contribution is -2.48. The van der Waals surface area contributed by atoms with Crippen LogP contribution in [0.25, 0.3) is 0 Å². The third kappa shape index (κ3) is 3.56. The number of aliphatic hydroxyl groups excluding tert-OH is 4. The first-order valence-corrected chi connectivity index (χ1v) is 4.31. The number of likely N-dealkylation sites (N-methyl/N-ethyl adjacent to an activating group) is 1. The molecule has 0 heterocycles. The van der Waals surface area contributed by atoms with E-state index < -0.39 is 36.7 Å². The fraction of sp³-hybridized carbons (Fsp3) is 0.750. The third-order valence-corrected chi connectivity index (χ3v) is 2.01. The second kappa shape index (κ2) is 6.46. The Balaban J connectivity index is 4.60. The monoisotopic (exact) mass is 221 g/mol. The number of hydrogen-bond donors (Lipinski definition) is 5. The van der Waals surface area contributed by atoms with Crippen molar-refractivity contribution in [1.29, 1.82) is 0 Å². The van der Waals surface area contributed by atoms with Crippen LogP contribution >= 0.6 is 0 Å². The predicted octanol–water partition coefficient (Wildman–Crippen LogP) is -3.38. The van der Waals surface area contributed by atoms with Gasteiger partial charge in [0.2, 0.25) is 5.91 Å². The average Bonchev–Trinajstić information content (AvgIpc) is 2.27. The van der Waals surface area contributed by atoms with E-state index in [2.05, 4.69) is 5.32 Å². The van der Waals surface area contributed by atoms with Crippen molar-refractivity contribution in [2.24, 2.45) is 5.92 Å². The molecule has 0 aromatic heterocycles. The maximum atomic E-state index is 11.0. The van der Waals surface area contributed by atoms with Crippen LogP contribution in [-0.2, 0) is 9.59 Å². The average molecular weight is 221 g/mol. The van der Waals surface area contributed by atoms with Gasteiger partial charge >= 0.3 is 0 Å². The number of rotatable bonds is 6. The maximum absolute atomic E-state index is 11.0. The fourth-order valence-electron chi connectivity index (χ4n) is 1.03. The molecular weight excluding hydrogens is 206 g/mol. The van der Waals surface area contributed by atoms with Crippen LogP contribution in [0.4, 0.5) is 0 Å². The standard InChI is InChI=1S/C8H15NO6/c1-9-8(15)7(14)4(2-10)6(13)5(12)3-11/h2,4-7,11-14H,3H2,1H3,(H,9,15). The van der Waals surface area contributed by atoms with E-state index in [0.29, 0.717) is 0 Å². The molecule has 0 spiro atoms. The van der Waals surface area contributed by atoms with Crippen molar-refractivity contribution >= 4 is 12.2 Å². The van der Waals surface area contributed by atoms with Gasteiger partial charge in [-0.25, -0.2) is 0 Å². The second-order valence-electron chi connectivity index (χ2n) is 3.01. The van der Waals surface area contributed by atoms with Crippen molar-refractivity contribution in [3.05, 3.63) is 0 Å². The van der Waals surface area contributed by atoms with E-state index in [1.165, 1.54) is 7.05 Å². The van der Waals surface area contributed by atoms with Gasteiger partial charge in [-0.3, -0.25) is 4.79 Å². The number of aldehydes is 1. The van der Waals surface area contributed by atoms with Gasteiger partial charge in [-0.1, -0.05) is 0 Å². The summed E-state index contributed by atoms with van der Waals surface area (Å²) in [4.78, 5) is 21.5. The lowest BCUT2D eigenvalue weighted by atomic mass is 9.93. The van der Waals surface area contributed by atoms with Crippen molar-refractivity contribution < 1.29 is 30.0 Å². The molecule has 0 aromatic rings. The van der Waals surface area contributed by atoms with Crippen LogP contribution in [-0.4, -0.2) is 64.6 Å². The molecule has 0 radical (unpaired) electrons. The van der Waals surface area contributed by atoms with Crippen LogP contribution in [0.3, 0.4) is 0 Å². The first-order chi connectivity index (χ1) is 6.99. The Kier molecular flexibility index (Phi) is 6.02. The van der Waals surface area contributed by atoms with Crippen molar-refractivity contribution in [3.8, 4) is 0 Å². The minimum Gasteiger partial charge on any atom is -0.394 e. The fourth-order valence-corrected chi connectivity index (χ4v) is 1.03. The molecule has 0 saturated carbocycles. The molecule has 88 valence electrons. The molecule has 0 aromatic carbocycles. The number of carbonyl (C=O) groups is 2. The number of aliphatic hydroxyl groups is 4. The normalized spacial score (nSPS) is 18.7.